The summed E-state index contributed by atoms with van der Waals surface area (Å²) in [4.78, 5) is 4.41. The molecular formula is C21H39NO. The molecule has 1 unspecified atom stereocenters. The Morgan fingerprint density at radius 2 is 1.43 bits per heavy atom. The Bertz CT molecular complexity index is 322. The van der Waals surface area contributed by atoms with Gasteiger partial charge in [-0.3, -0.25) is 4.99 Å². The monoisotopic (exact) mass is 321 g/mol. The number of hydrogen-bond acceptors (Lipinski definition) is 2. The third kappa shape index (κ3) is 12.3. The summed E-state index contributed by atoms with van der Waals surface area (Å²) in [6.07, 6.45) is 23.7. The van der Waals surface area contributed by atoms with Gasteiger partial charge in [-0.05, 0) is 39.0 Å². The van der Waals surface area contributed by atoms with E-state index in [4.69, 9.17) is 4.74 Å². The fourth-order valence-electron chi connectivity index (χ4n) is 3.02. The molecule has 134 valence electrons. The maximum absolute atomic E-state index is 5.62. The zero-order valence-corrected chi connectivity index (χ0v) is 15.7. The Labute approximate surface area is 144 Å². The minimum Gasteiger partial charge on any atom is -0.476 e. The third-order valence-corrected chi connectivity index (χ3v) is 4.51. The molecule has 0 fully saturated rings. The predicted molar refractivity (Wildman–Crippen MR) is 102 cm³/mol. The molecule has 0 aromatic carbocycles. The van der Waals surface area contributed by atoms with E-state index >= 15 is 0 Å². The van der Waals surface area contributed by atoms with Crippen LogP contribution in [0.1, 0.15) is 104 Å². The van der Waals surface area contributed by atoms with E-state index in [1.165, 1.54) is 83.5 Å². The van der Waals surface area contributed by atoms with Gasteiger partial charge in [-0.25, -0.2) is 0 Å². The van der Waals surface area contributed by atoms with Crippen molar-refractivity contribution in [3.63, 3.8) is 0 Å². The first-order chi connectivity index (χ1) is 11.3. The summed E-state index contributed by atoms with van der Waals surface area (Å²) in [5.74, 6) is 0.995. The second-order valence-electron chi connectivity index (χ2n) is 7.00. The Morgan fingerprint density at radius 1 is 0.870 bits per heavy atom. The average Bonchev–Trinajstić information content (AvgIpc) is 2.96. The molecule has 1 aliphatic rings. The minimum absolute atomic E-state index is 0.313. The lowest BCUT2D eigenvalue weighted by molar-refractivity contribution is 0.238. The van der Waals surface area contributed by atoms with Gasteiger partial charge in [-0.15, -0.1) is 0 Å². The fraction of sp³-hybridized carbons (Fsp3) is 0.857. The molecule has 0 aliphatic carbocycles. The second-order valence-corrected chi connectivity index (χ2v) is 7.00. The van der Waals surface area contributed by atoms with E-state index in [1.54, 1.807) is 0 Å². The number of allylic oxidation sites excluding steroid dienone is 2. The number of ether oxygens (including phenoxy) is 1. The summed E-state index contributed by atoms with van der Waals surface area (Å²) in [5.41, 5.74) is 0. The summed E-state index contributed by atoms with van der Waals surface area (Å²) >= 11 is 0. The van der Waals surface area contributed by atoms with Crippen molar-refractivity contribution in [2.75, 3.05) is 6.54 Å². The number of rotatable bonds is 15. The lowest BCUT2D eigenvalue weighted by atomic mass is 10.1. The summed E-state index contributed by atoms with van der Waals surface area (Å²) in [7, 11) is 0. The van der Waals surface area contributed by atoms with Crippen LogP contribution in [-0.4, -0.2) is 18.5 Å². The van der Waals surface area contributed by atoms with Gasteiger partial charge in [0, 0.05) is 6.42 Å². The average molecular weight is 322 g/mol. The summed E-state index contributed by atoms with van der Waals surface area (Å²) in [6.45, 7) is 5.24. The lowest BCUT2D eigenvalue weighted by Crippen LogP contribution is -2.07. The Kier molecular flexibility index (Phi) is 13.0. The van der Waals surface area contributed by atoms with Crippen molar-refractivity contribution >= 4 is 5.90 Å². The van der Waals surface area contributed by atoms with Crippen LogP contribution in [0.4, 0.5) is 0 Å². The van der Waals surface area contributed by atoms with Crippen LogP contribution in [0.3, 0.4) is 0 Å². The van der Waals surface area contributed by atoms with Gasteiger partial charge in [0.05, 0.1) is 6.54 Å². The highest BCUT2D eigenvalue weighted by Crippen LogP contribution is 2.13. The second kappa shape index (κ2) is 14.8. The van der Waals surface area contributed by atoms with E-state index in [9.17, 15) is 0 Å². The lowest BCUT2D eigenvalue weighted by Gasteiger charge is -2.05. The third-order valence-electron chi connectivity index (χ3n) is 4.51. The highest BCUT2D eigenvalue weighted by atomic mass is 16.5. The highest BCUT2D eigenvalue weighted by molar-refractivity contribution is 5.77. The predicted octanol–water partition coefficient (Wildman–Crippen LogP) is 6.84. The maximum atomic E-state index is 5.62. The van der Waals surface area contributed by atoms with Crippen molar-refractivity contribution in [2.45, 2.75) is 110 Å². The molecule has 0 aromatic rings. The van der Waals surface area contributed by atoms with Crippen LogP contribution in [0.25, 0.3) is 0 Å². The quantitative estimate of drug-likeness (QED) is 0.239. The van der Waals surface area contributed by atoms with E-state index < -0.39 is 0 Å². The summed E-state index contributed by atoms with van der Waals surface area (Å²) in [6, 6.07) is 0. The molecule has 1 aliphatic heterocycles. The van der Waals surface area contributed by atoms with Crippen molar-refractivity contribution in [2.24, 2.45) is 4.99 Å². The first kappa shape index (κ1) is 20.3. The SMILES string of the molecule is CCCCCCCC/C=C/CCCCCCCC1=NCC(C)O1. The Hall–Kier alpha value is -0.790. The molecular weight excluding hydrogens is 282 g/mol. The van der Waals surface area contributed by atoms with Crippen LogP contribution in [0.15, 0.2) is 17.1 Å². The van der Waals surface area contributed by atoms with E-state index in [0.717, 1.165) is 18.9 Å². The maximum Gasteiger partial charge on any atom is 0.183 e. The van der Waals surface area contributed by atoms with Gasteiger partial charge in [-0.1, -0.05) is 70.4 Å². The minimum atomic E-state index is 0.313. The molecule has 1 rings (SSSR count). The molecule has 0 aromatic heterocycles. The molecule has 0 bridgehead atoms. The fourth-order valence-corrected chi connectivity index (χ4v) is 3.02. The van der Waals surface area contributed by atoms with Gasteiger partial charge in [-0.2, -0.15) is 0 Å². The van der Waals surface area contributed by atoms with Gasteiger partial charge in [0.1, 0.15) is 6.10 Å². The van der Waals surface area contributed by atoms with E-state index in [0.29, 0.717) is 6.10 Å². The molecule has 2 nitrogen and oxygen atoms in total. The van der Waals surface area contributed by atoms with Crippen LogP contribution < -0.4 is 0 Å². The first-order valence-corrected chi connectivity index (χ1v) is 10.2. The summed E-state index contributed by atoms with van der Waals surface area (Å²) < 4.78 is 5.62. The van der Waals surface area contributed by atoms with Crippen molar-refractivity contribution in [1.29, 1.82) is 0 Å². The van der Waals surface area contributed by atoms with E-state index in [2.05, 4.69) is 31.0 Å². The molecule has 0 radical (unpaired) electrons. The number of nitrogens with zero attached hydrogens (tertiary/aromatic N) is 1. The largest absolute Gasteiger partial charge is 0.476 e. The van der Waals surface area contributed by atoms with Crippen molar-refractivity contribution in [1.82, 2.24) is 0 Å². The van der Waals surface area contributed by atoms with Crippen molar-refractivity contribution < 1.29 is 4.74 Å². The van der Waals surface area contributed by atoms with Crippen LogP contribution in [0, 0.1) is 0 Å². The number of hydrogen-bond donors (Lipinski definition) is 0. The molecule has 1 heterocycles. The molecule has 0 amide bonds. The first-order valence-electron chi connectivity index (χ1n) is 10.2. The van der Waals surface area contributed by atoms with Gasteiger partial charge in [0.2, 0.25) is 0 Å². The zero-order valence-electron chi connectivity index (χ0n) is 15.7. The number of unbranched alkanes of at least 4 members (excludes halogenated alkanes) is 11. The van der Waals surface area contributed by atoms with E-state index in [-0.39, 0.29) is 0 Å². The molecule has 1 atom stereocenters. The Balaban J connectivity index is 1.75. The molecule has 0 saturated carbocycles. The topological polar surface area (TPSA) is 21.6 Å². The molecule has 0 N–H and O–H groups in total. The highest BCUT2D eigenvalue weighted by Gasteiger charge is 2.13. The standard InChI is InChI=1S/C21H39NO/c1-3-4-5-6-7-8-9-10-11-12-13-14-15-16-17-18-21-22-19-20(2)23-21/h10-11,20H,3-9,12-19H2,1-2H3/b11-10+. The van der Waals surface area contributed by atoms with Gasteiger partial charge >= 0.3 is 0 Å². The van der Waals surface area contributed by atoms with Crippen molar-refractivity contribution in [3.05, 3.63) is 12.2 Å². The molecule has 0 saturated heterocycles. The van der Waals surface area contributed by atoms with Crippen LogP contribution in [0.2, 0.25) is 0 Å². The van der Waals surface area contributed by atoms with Crippen LogP contribution >= 0.6 is 0 Å². The van der Waals surface area contributed by atoms with Gasteiger partial charge in [0.25, 0.3) is 0 Å². The molecule has 2 heteroatoms. The van der Waals surface area contributed by atoms with Crippen LogP contribution in [-0.2, 0) is 4.74 Å². The van der Waals surface area contributed by atoms with Crippen LogP contribution in [0.5, 0.6) is 0 Å². The van der Waals surface area contributed by atoms with E-state index in [1.807, 2.05) is 0 Å². The van der Waals surface area contributed by atoms with Crippen molar-refractivity contribution in [3.8, 4) is 0 Å². The Morgan fingerprint density at radius 3 is 2.00 bits per heavy atom. The smallest absolute Gasteiger partial charge is 0.183 e. The number of aliphatic imine (C=N–C) groups is 1. The van der Waals surface area contributed by atoms with Gasteiger partial charge in [0.15, 0.2) is 5.90 Å². The molecule has 0 spiro atoms. The normalized spacial score (nSPS) is 17.7. The molecule has 23 heavy (non-hydrogen) atoms. The zero-order chi connectivity index (χ0) is 16.6. The van der Waals surface area contributed by atoms with Gasteiger partial charge < -0.3 is 4.74 Å². The summed E-state index contributed by atoms with van der Waals surface area (Å²) in [5, 5.41) is 0.